The number of unbranched alkanes of at least 4 members (excludes halogenated alkanes) is 22. The van der Waals surface area contributed by atoms with E-state index in [0.717, 1.165) is 64.2 Å². The predicted octanol–water partition coefficient (Wildman–Crippen LogP) is 6.97. The molecule has 1 fully saturated rings. The Hall–Kier alpha value is -1.20. The molecule has 332 valence electrons. The summed E-state index contributed by atoms with van der Waals surface area (Å²) in [5.41, 5.74) is 0. The molecule has 1 saturated heterocycles. The Morgan fingerprint density at radius 1 is 0.696 bits per heavy atom. The quantitative estimate of drug-likeness (QED) is 0.0192. The maximum atomic E-state index is 13.1. The van der Waals surface area contributed by atoms with Crippen LogP contribution in [0.3, 0.4) is 0 Å². The minimum Gasteiger partial charge on any atom is -0.394 e. The largest absolute Gasteiger partial charge is 0.397 e. The second kappa shape index (κ2) is 33.6. The lowest BCUT2D eigenvalue weighted by Gasteiger charge is -2.41. The summed E-state index contributed by atoms with van der Waals surface area (Å²) in [5.74, 6) is -0.675. The van der Waals surface area contributed by atoms with Crippen molar-refractivity contribution in [2.45, 2.75) is 236 Å². The number of carbonyl (C=O) groups is 1. The first-order valence-corrected chi connectivity index (χ1v) is 23.5. The Morgan fingerprint density at radius 2 is 1.14 bits per heavy atom. The van der Waals surface area contributed by atoms with E-state index in [4.69, 9.17) is 14.0 Å². The molecule has 0 aromatic carbocycles. The molecule has 8 atom stereocenters. The van der Waals surface area contributed by atoms with Gasteiger partial charge in [-0.3, -0.25) is 9.35 Å². The summed E-state index contributed by atoms with van der Waals surface area (Å²) < 4.78 is 47.4. The molecule has 0 aromatic rings. The lowest BCUT2D eigenvalue weighted by molar-refractivity contribution is -0.298. The lowest BCUT2D eigenvalue weighted by Crippen LogP contribution is -2.61. The van der Waals surface area contributed by atoms with Gasteiger partial charge in [0.2, 0.25) is 5.91 Å². The van der Waals surface area contributed by atoms with Crippen LogP contribution in [0.5, 0.6) is 0 Å². The van der Waals surface area contributed by atoms with Crippen molar-refractivity contribution >= 4 is 16.3 Å². The summed E-state index contributed by atoms with van der Waals surface area (Å²) in [7, 11) is -5.10. The van der Waals surface area contributed by atoms with E-state index in [2.05, 4.69) is 35.5 Å². The van der Waals surface area contributed by atoms with Gasteiger partial charge in [-0.2, -0.15) is 8.42 Å². The molecule has 0 aromatic heterocycles. The summed E-state index contributed by atoms with van der Waals surface area (Å²) >= 11 is 0. The molecule has 7 N–H and O–H groups in total. The van der Waals surface area contributed by atoms with Gasteiger partial charge < -0.3 is 40.3 Å². The smallest absolute Gasteiger partial charge is 0.394 e. The molecule has 1 amide bonds. The molecule has 0 aliphatic carbocycles. The van der Waals surface area contributed by atoms with Crippen molar-refractivity contribution in [1.29, 1.82) is 0 Å². The number of ether oxygens (including phenoxy) is 2. The molecule has 1 rings (SSSR count). The fourth-order valence-corrected chi connectivity index (χ4v) is 7.61. The van der Waals surface area contributed by atoms with E-state index < -0.39 is 78.5 Å². The number of aliphatic hydroxyl groups excluding tert-OH is 5. The van der Waals surface area contributed by atoms with Crippen LogP contribution in [0.1, 0.15) is 187 Å². The normalized spacial score (nSPS) is 22.0. The van der Waals surface area contributed by atoms with Gasteiger partial charge in [0.1, 0.15) is 30.5 Å². The van der Waals surface area contributed by atoms with Gasteiger partial charge in [0.25, 0.3) is 0 Å². The Labute approximate surface area is 339 Å². The summed E-state index contributed by atoms with van der Waals surface area (Å²) in [6.07, 6.45) is 22.6. The van der Waals surface area contributed by atoms with E-state index in [-0.39, 0.29) is 6.42 Å². The molecule has 14 heteroatoms. The Morgan fingerprint density at radius 3 is 1.61 bits per heavy atom. The van der Waals surface area contributed by atoms with E-state index in [9.17, 15) is 38.7 Å². The van der Waals surface area contributed by atoms with Gasteiger partial charge >= 0.3 is 10.4 Å². The van der Waals surface area contributed by atoms with Gasteiger partial charge in [0.05, 0.1) is 25.4 Å². The van der Waals surface area contributed by atoms with E-state index in [0.29, 0.717) is 19.3 Å². The zero-order chi connectivity index (χ0) is 41.4. The molecule has 13 nitrogen and oxygen atoms in total. The highest BCUT2D eigenvalue weighted by Crippen LogP contribution is 2.26. The molecule has 56 heavy (non-hydrogen) atoms. The molecule has 0 saturated carbocycles. The number of amides is 1. The number of allylic oxidation sites excluding steroid dienone is 2. The summed E-state index contributed by atoms with van der Waals surface area (Å²) in [4.78, 5) is 13.1. The van der Waals surface area contributed by atoms with Crippen LogP contribution in [0.2, 0.25) is 0 Å². The van der Waals surface area contributed by atoms with Crippen LogP contribution >= 0.6 is 0 Å². The van der Waals surface area contributed by atoms with Crippen molar-refractivity contribution in [1.82, 2.24) is 5.32 Å². The molecule has 0 spiro atoms. The second-order valence-electron chi connectivity index (χ2n) is 15.8. The van der Waals surface area contributed by atoms with Crippen LogP contribution in [0.4, 0.5) is 0 Å². The third-order valence-electron chi connectivity index (χ3n) is 10.7. The Balaban J connectivity index is 2.57. The van der Waals surface area contributed by atoms with E-state index in [1.807, 2.05) is 0 Å². The number of hydrogen-bond acceptors (Lipinski definition) is 11. The van der Waals surface area contributed by atoms with Crippen molar-refractivity contribution < 1.29 is 57.0 Å². The van der Waals surface area contributed by atoms with Crippen molar-refractivity contribution in [3.63, 3.8) is 0 Å². The standard InChI is InChI=1S/C42H81NO12S/c1-3-5-7-9-11-13-15-16-17-18-19-21-23-25-27-29-31-36(46)41(49)43-34(35(45)30-28-26-24-22-20-14-12-10-8-6-4-2)33-53-42-39(48)40(55-56(50,51)52)38(47)37(32-44)54-42/h16-17,34-40,42,44-48H,3-15,18-33H2,1-2H3,(H,43,49)(H,50,51,52)/b17-16-. The predicted molar refractivity (Wildman–Crippen MR) is 219 cm³/mol. The average molecular weight is 824 g/mol. The third-order valence-corrected chi connectivity index (χ3v) is 11.1. The topological polar surface area (TPSA) is 212 Å². The van der Waals surface area contributed by atoms with Gasteiger partial charge in [-0.25, -0.2) is 4.18 Å². The molecule has 1 aliphatic rings. The van der Waals surface area contributed by atoms with Gasteiger partial charge in [0, 0.05) is 0 Å². The fraction of sp³-hybridized carbons (Fsp3) is 0.929. The first-order chi connectivity index (χ1) is 26.9. The van der Waals surface area contributed by atoms with Crippen LogP contribution < -0.4 is 5.32 Å². The van der Waals surface area contributed by atoms with Crippen molar-refractivity contribution in [2.75, 3.05) is 13.2 Å². The average Bonchev–Trinajstić information content (AvgIpc) is 3.16. The second-order valence-corrected chi connectivity index (χ2v) is 16.8. The minimum atomic E-state index is -5.10. The molecule has 8 unspecified atom stereocenters. The van der Waals surface area contributed by atoms with E-state index >= 15 is 0 Å². The maximum Gasteiger partial charge on any atom is 0.397 e. The van der Waals surface area contributed by atoms with Crippen molar-refractivity contribution in [2.24, 2.45) is 0 Å². The van der Waals surface area contributed by atoms with Gasteiger partial charge in [-0.15, -0.1) is 0 Å². The highest BCUT2D eigenvalue weighted by Gasteiger charge is 2.48. The maximum absolute atomic E-state index is 13.1. The molecular weight excluding hydrogens is 743 g/mol. The van der Waals surface area contributed by atoms with Crippen LogP contribution in [-0.4, -0.2) is 107 Å². The fourth-order valence-electron chi connectivity index (χ4n) is 7.11. The summed E-state index contributed by atoms with van der Waals surface area (Å²) in [6.45, 7) is 3.24. The summed E-state index contributed by atoms with van der Waals surface area (Å²) in [6, 6.07) is -1.03. The molecule has 0 radical (unpaired) electrons. The van der Waals surface area contributed by atoms with E-state index in [1.54, 1.807) is 0 Å². The van der Waals surface area contributed by atoms with Crippen LogP contribution in [0, 0.1) is 0 Å². The highest BCUT2D eigenvalue weighted by atomic mass is 32.3. The highest BCUT2D eigenvalue weighted by molar-refractivity contribution is 7.80. The SMILES string of the molecule is CCCCCCCC/C=C\CCCCCCCCC(O)C(=O)NC(COC1OC(CO)C(O)C(OS(=O)(=O)O)C1O)C(O)CCCCCCCCCCCCC. The molecule has 0 bridgehead atoms. The number of nitrogens with one attached hydrogen (secondary N) is 1. The number of hydrogen-bond donors (Lipinski definition) is 7. The lowest BCUT2D eigenvalue weighted by atomic mass is 9.99. The monoisotopic (exact) mass is 824 g/mol. The van der Waals surface area contributed by atoms with Crippen LogP contribution in [0.25, 0.3) is 0 Å². The molecular formula is C42H81NO12S. The zero-order valence-electron chi connectivity index (χ0n) is 34.8. The van der Waals surface area contributed by atoms with E-state index in [1.165, 1.54) is 83.5 Å². The summed E-state index contributed by atoms with van der Waals surface area (Å²) in [5, 5.41) is 55.2. The Bertz CT molecular complexity index is 1080. The first kappa shape index (κ1) is 52.8. The molecule has 1 heterocycles. The van der Waals surface area contributed by atoms with Crippen LogP contribution in [-0.2, 0) is 28.9 Å². The van der Waals surface area contributed by atoms with Crippen molar-refractivity contribution in [3.8, 4) is 0 Å². The zero-order valence-corrected chi connectivity index (χ0v) is 35.6. The Kier molecular flexibility index (Phi) is 31.7. The van der Waals surface area contributed by atoms with Crippen LogP contribution in [0.15, 0.2) is 12.2 Å². The van der Waals surface area contributed by atoms with Crippen molar-refractivity contribution in [3.05, 3.63) is 12.2 Å². The first-order valence-electron chi connectivity index (χ1n) is 22.2. The minimum absolute atomic E-state index is 0.254. The number of rotatable bonds is 37. The molecule has 1 aliphatic heterocycles. The number of aliphatic hydroxyl groups is 5. The number of carbonyl (C=O) groups excluding carboxylic acids is 1. The van der Waals surface area contributed by atoms with Gasteiger partial charge in [-0.05, 0) is 38.5 Å². The third kappa shape index (κ3) is 26.0. The van der Waals surface area contributed by atoms with Gasteiger partial charge in [0.15, 0.2) is 6.29 Å². The van der Waals surface area contributed by atoms with Gasteiger partial charge in [-0.1, -0.05) is 161 Å².